The number of aliphatic hydroxyl groups excluding tert-OH is 1. The lowest BCUT2D eigenvalue weighted by molar-refractivity contribution is 0.0654. The van der Waals surface area contributed by atoms with E-state index in [0.717, 1.165) is 36.3 Å². The van der Waals surface area contributed by atoms with E-state index >= 15 is 0 Å². The Labute approximate surface area is 139 Å². The van der Waals surface area contributed by atoms with Gasteiger partial charge in [-0.05, 0) is 38.4 Å². The fraction of sp³-hybridized carbons (Fsp3) is 0.471. The molecule has 3 aromatic rings. The predicted molar refractivity (Wildman–Crippen MR) is 91.0 cm³/mol. The molecule has 0 spiro atoms. The molecule has 3 heterocycles. The predicted octanol–water partition coefficient (Wildman–Crippen LogP) is 0.846. The molecule has 1 atom stereocenters. The molecule has 1 fully saturated rings. The summed E-state index contributed by atoms with van der Waals surface area (Å²) in [4.78, 5) is 14.8. The van der Waals surface area contributed by atoms with Crippen LogP contribution in [0.15, 0.2) is 23.0 Å². The zero-order valence-corrected chi connectivity index (χ0v) is 13.9. The molecule has 7 nitrogen and oxygen atoms in total. The van der Waals surface area contributed by atoms with Gasteiger partial charge in [-0.2, -0.15) is 0 Å². The highest BCUT2D eigenvalue weighted by atomic mass is 16.3. The number of aromatic nitrogens is 4. The molecule has 1 aromatic carbocycles. The van der Waals surface area contributed by atoms with Crippen LogP contribution in [0.2, 0.25) is 0 Å². The van der Waals surface area contributed by atoms with E-state index in [1.165, 1.54) is 0 Å². The second kappa shape index (κ2) is 5.68. The number of rotatable bonds is 2. The summed E-state index contributed by atoms with van der Waals surface area (Å²) in [5, 5.41) is 19.1. The van der Waals surface area contributed by atoms with Crippen LogP contribution >= 0.6 is 0 Å². The van der Waals surface area contributed by atoms with E-state index in [0.29, 0.717) is 24.3 Å². The fourth-order valence-corrected chi connectivity index (χ4v) is 3.54. The number of likely N-dealkylation sites (tertiary alicyclic amines) is 1. The van der Waals surface area contributed by atoms with Crippen molar-refractivity contribution in [1.82, 2.24) is 24.1 Å². The Hall–Kier alpha value is -2.25. The topological polar surface area (TPSA) is 75.7 Å². The van der Waals surface area contributed by atoms with Gasteiger partial charge in [-0.15, -0.1) is 10.2 Å². The minimum Gasteiger partial charge on any atom is -0.392 e. The highest BCUT2D eigenvalue weighted by Gasteiger charge is 2.21. The van der Waals surface area contributed by atoms with Crippen LogP contribution in [0.5, 0.6) is 0 Å². The van der Waals surface area contributed by atoms with Crippen LogP contribution < -0.4 is 5.56 Å². The van der Waals surface area contributed by atoms with Gasteiger partial charge in [0.05, 0.1) is 23.6 Å². The average molecular weight is 327 g/mol. The van der Waals surface area contributed by atoms with Gasteiger partial charge < -0.3 is 5.11 Å². The van der Waals surface area contributed by atoms with E-state index in [9.17, 15) is 9.90 Å². The molecule has 24 heavy (non-hydrogen) atoms. The maximum atomic E-state index is 12.6. The maximum absolute atomic E-state index is 12.6. The van der Waals surface area contributed by atoms with Gasteiger partial charge in [0.1, 0.15) is 0 Å². The molecule has 1 saturated heterocycles. The van der Waals surface area contributed by atoms with Crippen LogP contribution in [0.1, 0.15) is 24.2 Å². The van der Waals surface area contributed by atoms with Crippen molar-refractivity contribution in [2.45, 2.75) is 32.4 Å². The Bertz CT molecular complexity index is 974. The van der Waals surface area contributed by atoms with Gasteiger partial charge in [-0.3, -0.25) is 18.7 Å². The van der Waals surface area contributed by atoms with E-state index in [1.54, 1.807) is 11.6 Å². The Balaban J connectivity index is 1.88. The SMILES string of the molecule is Cc1ccc2c(c1)c(=O)n(C)c1nnc(CN3CCCC(O)C3)n21. The summed E-state index contributed by atoms with van der Waals surface area (Å²) in [6.45, 7) is 4.18. The van der Waals surface area contributed by atoms with E-state index in [2.05, 4.69) is 15.1 Å². The number of β-amino-alcohol motifs (C(OH)–C–C–N with tert-alkyl or cyclic N) is 1. The van der Waals surface area contributed by atoms with E-state index in [-0.39, 0.29) is 11.7 Å². The van der Waals surface area contributed by atoms with Crippen molar-refractivity contribution in [3.05, 3.63) is 39.9 Å². The van der Waals surface area contributed by atoms with Crippen LogP contribution in [0.25, 0.3) is 16.7 Å². The van der Waals surface area contributed by atoms with Gasteiger partial charge in [0.15, 0.2) is 5.82 Å². The van der Waals surface area contributed by atoms with Crippen molar-refractivity contribution >= 4 is 16.7 Å². The fourth-order valence-electron chi connectivity index (χ4n) is 3.54. The van der Waals surface area contributed by atoms with Gasteiger partial charge in [-0.25, -0.2) is 0 Å². The van der Waals surface area contributed by atoms with Crippen LogP contribution in [0, 0.1) is 6.92 Å². The molecule has 4 rings (SSSR count). The largest absolute Gasteiger partial charge is 0.392 e. The molecule has 1 aliphatic heterocycles. The number of hydrogen-bond acceptors (Lipinski definition) is 5. The smallest absolute Gasteiger partial charge is 0.262 e. The van der Waals surface area contributed by atoms with Crippen molar-refractivity contribution in [2.75, 3.05) is 13.1 Å². The molecule has 1 N–H and O–H groups in total. The van der Waals surface area contributed by atoms with Crippen molar-refractivity contribution in [2.24, 2.45) is 7.05 Å². The van der Waals surface area contributed by atoms with Gasteiger partial charge in [-0.1, -0.05) is 11.6 Å². The van der Waals surface area contributed by atoms with E-state index < -0.39 is 0 Å². The lowest BCUT2D eigenvalue weighted by Crippen LogP contribution is -2.38. The summed E-state index contributed by atoms with van der Waals surface area (Å²) >= 11 is 0. The van der Waals surface area contributed by atoms with Crippen LogP contribution in [-0.4, -0.2) is 48.4 Å². The minimum atomic E-state index is -0.276. The molecule has 0 saturated carbocycles. The van der Waals surface area contributed by atoms with Gasteiger partial charge in [0.25, 0.3) is 5.56 Å². The quantitative estimate of drug-likeness (QED) is 0.755. The standard InChI is InChI=1S/C17H21N5O2/c1-11-5-6-14-13(8-11)16(24)20(2)17-19-18-15(22(14)17)10-21-7-3-4-12(23)9-21/h5-6,8,12,23H,3-4,7,9-10H2,1-2H3. The van der Waals surface area contributed by atoms with Crippen molar-refractivity contribution in [3.8, 4) is 0 Å². The zero-order chi connectivity index (χ0) is 16.8. The number of aryl methyl sites for hydroxylation is 2. The third kappa shape index (κ3) is 2.40. The number of hydrogen-bond donors (Lipinski definition) is 1. The molecule has 0 bridgehead atoms. The molecular weight excluding hydrogens is 306 g/mol. The van der Waals surface area contributed by atoms with Crippen molar-refractivity contribution in [3.63, 3.8) is 0 Å². The molecule has 2 aromatic heterocycles. The second-order valence-corrected chi connectivity index (χ2v) is 6.67. The first-order valence-corrected chi connectivity index (χ1v) is 8.28. The molecule has 0 aliphatic carbocycles. The number of benzene rings is 1. The molecule has 7 heteroatoms. The minimum absolute atomic E-state index is 0.0615. The van der Waals surface area contributed by atoms with Gasteiger partial charge in [0.2, 0.25) is 5.78 Å². The number of fused-ring (bicyclic) bond motifs is 3. The molecule has 1 aliphatic rings. The Morgan fingerprint density at radius 2 is 2.17 bits per heavy atom. The highest BCUT2D eigenvalue weighted by Crippen LogP contribution is 2.18. The summed E-state index contributed by atoms with van der Waals surface area (Å²) in [6.07, 6.45) is 1.56. The molecule has 0 radical (unpaired) electrons. The van der Waals surface area contributed by atoms with Crippen molar-refractivity contribution < 1.29 is 5.11 Å². The van der Waals surface area contributed by atoms with E-state index in [1.807, 2.05) is 29.5 Å². The lowest BCUT2D eigenvalue weighted by Gasteiger charge is -2.29. The van der Waals surface area contributed by atoms with Gasteiger partial charge in [0, 0.05) is 13.6 Å². The summed E-state index contributed by atoms with van der Waals surface area (Å²) < 4.78 is 3.50. The Morgan fingerprint density at radius 3 is 2.96 bits per heavy atom. The molecular formula is C17H21N5O2. The first kappa shape index (κ1) is 15.3. The summed E-state index contributed by atoms with van der Waals surface area (Å²) in [5.41, 5.74) is 1.82. The monoisotopic (exact) mass is 327 g/mol. The van der Waals surface area contributed by atoms with Crippen LogP contribution in [0.4, 0.5) is 0 Å². The zero-order valence-electron chi connectivity index (χ0n) is 13.9. The van der Waals surface area contributed by atoms with Crippen molar-refractivity contribution in [1.29, 1.82) is 0 Å². The summed E-state index contributed by atoms with van der Waals surface area (Å²) in [5.74, 6) is 1.34. The molecule has 1 unspecified atom stereocenters. The lowest BCUT2D eigenvalue weighted by atomic mass is 10.1. The second-order valence-electron chi connectivity index (χ2n) is 6.67. The Kier molecular flexibility index (Phi) is 3.62. The van der Waals surface area contributed by atoms with E-state index in [4.69, 9.17) is 0 Å². The van der Waals surface area contributed by atoms with Gasteiger partial charge >= 0.3 is 0 Å². The third-order valence-electron chi connectivity index (χ3n) is 4.79. The highest BCUT2D eigenvalue weighted by molar-refractivity contribution is 5.81. The third-order valence-corrected chi connectivity index (χ3v) is 4.79. The maximum Gasteiger partial charge on any atom is 0.262 e. The Morgan fingerprint density at radius 1 is 1.33 bits per heavy atom. The number of piperidine rings is 1. The molecule has 126 valence electrons. The van der Waals surface area contributed by atoms with Crippen LogP contribution in [0.3, 0.4) is 0 Å². The molecule has 0 amide bonds. The first-order chi connectivity index (χ1) is 11.5. The number of aliphatic hydroxyl groups is 1. The number of nitrogens with zero attached hydrogens (tertiary/aromatic N) is 5. The summed E-state index contributed by atoms with van der Waals surface area (Å²) in [7, 11) is 1.72. The summed E-state index contributed by atoms with van der Waals surface area (Å²) in [6, 6.07) is 5.86. The first-order valence-electron chi connectivity index (χ1n) is 8.28. The normalized spacial score (nSPS) is 19.4. The van der Waals surface area contributed by atoms with Crippen LogP contribution in [-0.2, 0) is 13.6 Å². The average Bonchev–Trinajstić information content (AvgIpc) is 2.96.